The average Bonchev–Trinajstić information content (AvgIpc) is 3.07. The molecule has 3 aromatic heterocycles. The van der Waals surface area contributed by atoms with Gasteiger partial charge in [0.1, 0.15) is 23.1 Å². The lowest BCUT2D eigenvalue weighted by Gasteiger charge is -2.09. The van der Waals surface area contributed by atoms with Crippen molar-refractivity contribution in [3.05, 3.63) is 59.0 Å². The summed E-state index contributed by atoms with van der Waals surface area (Å²) >= 11 is 13.0. The fraction of sp³-hybridized carbons (Fsp3) is 0.0500. The molecule has 0 amide bonds. The Morgan fingerprint density at radius 1 is 1.04 bits per heavy atom. The molecule has 8 heteroatoms. The average molecular weight is 410 g/mol. The summed E-state index contributed by atoms with van der Waals surface area (Å²) in [7, 11) is 1.57. The summed E-state index contributed by atoms with van der Waals surface area (Å²) in [4.78, 5) is 16.9. The smallest absolute Gasteiger partial charge is 0.141 e. The lowest BCUT2D eigenvalue weighted by molar-refractivity contribution is 0.415. The number of pyridine rings is 2. The number of ether oxygens (including phenoxy) is 1. The van der Waals surface area contributed by atoms with Gasteiger partial charge in [0, 0.05) is 23.5 Å². The molecule has 0 fully saturated rings. The van der Waals surface area contributed by atoms with Crippen molar-refractivity contribution in [3.63, 3.8) is 0 Å². The van der Waals surface area contributed by atoms with Crippen LogP contribution >= 0.6 is 23.2 Å². The molecule has 1 aliphatic heterocycles. The van der Waals surface area contributed by atoms with E-state index in [0.29, 0.717) is 33.0 Å². The predicted octanol–water partition coefficient (Wildman–Crippen LogP) is 5.57. The predicted molar refractivity (Wildman–Crippen MR) is 110 cm³/mol. The molecule has 4 heterocycles. The van der Waals surface area contributed by atoms with Crippen LogP contribution in [-0.4, -0.2) is 27.0 Å². The van der Waals surface area contributed by atoms with Crippen molar-refractivity contribution in [3.8, 4) is 39.7 Å². The fourth-order valence-electron chi connectivity index (χ4n) is 3.31. The lowest BCUT2D eigenvalue weighted by atomic mass is 10.1. The number of aromatic amines is 1. The minimum Gasteiger partial charge on any atom is -0.497 e. The molecule has 4 aromatic rings. The minimum atomic E-state index is 0.452. The van der Waals surface area contributed by atoms with Crippen LogP contribution in [0, 0.1) is 0 Å². The van der Waals surface area contributed by atoms with Gasteiger partial charge in [0.2, 0.25) is 0 Å². The summed E-state index contributed by atoms with van der Waals surface area (Å²) in [6, 6.07) is 9.19. The largest absolute Gasteiger partial charge is 0.497 e. The van der Waals surface area contributed by atoms with Crippen LogP contribution in [0.15, 0.2) is 48.9 Å². The Kier molecular flexibility index (Phi) is 3.96. The standard InChI is InChI=1S/C20H13Cl2N5O/c1-28-10-7-13(21)16(14(22)8-10)20-26-17-11-4-6-23-9-15(11)25-19-12(18(17)27-20)3-2-5-24-19/h2-9H,1H3,(H,24,25)(H,26,27). The number of halogens is 2. The van der Waals surface area contributed by atoms with Crippen molar-refractivity contribution in [2.75, 3.05) is 12.4 Å². The van der Waals surface area contributed by atoms with Crippen LogP contribution in [0.1, 0.15) is 0 Å². The number of nitrogens with one attached hydrogen (secondary N) is 2. The van der Waals surface area contributed by atoms with Gasteiger partial charge in [-0.15, -0.1) is 0 Å². The van der Waals surface area contributed by atoms with Crippen LogP contribution in [0.4, 0.5) is 11.5 Å². The van der Waals surface area contributed by atoms with Crippen molar-refractivity contribution in [1.82, 2.24) is 19.9 Å². The zero-order valence-corrected chi connectivity index (χ0v) is 16.1. The van der Waals surface area contributed by atoms with Crippen molar-refractivity contribution >= 4 is 34.7 Å². The maximum atomic E-state index is 6.49. The number of nitrogens with zero attached hydrogens (tertiary/aromatic N) is 3. The highest BCUT2D eigenvalue weighted by Gasteiger charge is 2.25. The van der Waals surface area contributed by atoms with Gasteiger partial charge in [0.15, 0.2) is 0 Å². The number of rotatable bonds is 2. The molecule has 1 aromatic carbocycles. The molecule has 0 saturated heterocycles. The number of hydrogen-bond acceptors (Lipinski definition) is 5. The first-order valence-corrected chi connectivity index (χ1v) is 9.21. The molecule has 0 atom stereocenters. The highest BCUT2D eigenvalue weighted by atomic mass is 35.5. The molecule has 0 bridgehead atoms. The van der Waals surface area contributed by atoms with E-state index >= 15 is 0 Å². The molecule has 0 aliphatic carbocycles. The minimum absolute atomic E-state index is 0.452. The summed E-state index contributed by atoms with van der Waals surface area (Å²) in [5.41, 5.74) is 4.86. The van der Waals surface area contributed by atoms with E-state index in [1.807, 2.05) is 18.2 Å². The van der Waals surface area contributed by atoms with E-state index in [2.05, 4.69) is 20.3 Å². The topological polar surface area (TPSA) is 75.7 Å². The SMILES string of the molecule is COc1cc(Cl)c(-c2nc3c([nH]2)-c2ccncc2Nc2ncccc2-3)c(Cl)c1. The summed E-state index contributed by atoms with van der Waals surface area (Å²) in [6.07, 6.45) is 5.23. The first kappa shape index (κ1) is 17.0. The van der Waals surface area contributed by atoms with Crippen LogP contribution in [-0.2, 0) is 0 Å². The normalized spacial score (nSPS) is 11.7. The molecule has 0 unspecified atom stereocenters. The molecule has 6 nitrogen and oxygen atoms in total. The second-order valence-corrected chi connectivity index (χ2v) is 7.04. The van der Waals surface area contributed by atoms with Crippen LogP contribution in [0.5, 0.6) is 5.75 Å². The van der Waals surface area contributed by atoms with Gasteiger partial charge < -0.3 is 15.0 Å². The highest BCUT2D eigenvalue weighted by Crippen LogP contribution is 2.44. The fourth-order valence-corrected chi connectivity index (χ4v) is 3.96. The molecule has 0 spiro atoms. The Morgan fingerprint density at radius 2 is 1.86 bits per heavy atom. The summed E-state index contributed by atoms with van der Waals surface area (Å²) in [5.74, 6) is 1.87. The maximum absolute atomic E-state index is 6.49. The first-order valence-electron chi connectivity index (χ1n) is 8.46. The number of methoxy groups -OCH3 is 1. The summed E-state index contributed by atoms with van der Waals surface area (Å²) < 4.78 is 5.23. The second kappa shape index (κ2) is 6.51. The third-order valence-electron chi connectivity index (χ3n) is 4.60. The number of aromatic nitrogens is 4. The van der Waals surface area contributed by atoms with Gasteiger partial charge in [0.25, 0.3) is 0 Å². The van der Waals surface area contributed by atoms with E-state index in [9.17, 15) is 0 Å². The van der Waals surface area contributed by atoms with E-state index in [1.54, 1.807) is 37.8 Å². The van der Waals surface area contributed by atoms with Gasteiger partial charge in [-0.1, -0.05) is 23.2 Å². The first-order chi connectivity index (χ1) is 13.7. The Morgan fingerprint density at radius 3 is 2.64 bits per heavy atom. The van der Waals surface area contributed by atoms with Crippen LogP contribution in [0.25, 0.3) is 33.9 Å². The number of H-pyrrole nitrogens is 1. The van der Waals surface area contributed by atoms with Gasteiger partial charge in [-0.25, -0.2) is 9.97 Å². The number of imidazole rings is 1. The van der Waals surface area contributed by atoms with E-state index in [4.69, 9.17) is 32.9 Å². The highest BCUT2D eigenvalue weighted by molar-refractivity contribution is 6.39. The molecule has 5 rings (SSSR count). The van der Waals surface area contributed by atoms with Crippen molar-refractivity contribution in [2.45, 2.75) is 0 Å². The Labute approximate surface area is 170 Å². The molecule has 138 valence electrons. The van der Waals surface area contributed by atoms with Crippen LogP contribution < -0.4 is 10.1 Å². The monoisotopic (exact) mass is 409 g/mol. The molecular formula is C20H13Cl2N5O. The van der Waals surface area contributed by atoms with Gasteiger partial charge in [-0.2, -0.15) is 0 Å². The summed E-state index contributed by atoms with van der Waals surface area (Å²) in [6.45, 7) is 0. The van der Waals surface area contributed by atoms with Crippen LogP contribution in [0.2, 0.25) is 10.0 Å². The van der Waals surface area contributed by atoms with E-state index in [0.717, 1.165) is 28.2 Å². The zero-order chi connectivity index (χ0) is 19.3. The molecule has 0 saturated carbocycles. The Balaban J connectivity index is 1.79. The van der Waals surface area contributed by atoms with E-state index in [-0.39, 0.29) is 0 Å². The number of anilines is 2. The number of benzene rings is 1. The van der Waals surface area contributed by atoms with E-state index in [1.165, 1.54) is 0 Å². The molecule has 0 radical (unpaired) electrons. The zero-order valence-electron chi connectivity index (χ0n) is 14.6. The Hall–Kier alpha value is -3.09. The van der Waals surface area contributed by atoms with Crippen LogP contribution in [0.3, 0.4) is 0 Å². The maximum Gasteiger partial charge on any atom is 0.141 e. The molecular weight excluding hydrogens is 397 g/mol. The molecule has 28 heavy (non-hydrogen) atoms. The second-order valence-electron chi connectivity index (χ2n) is 6.22. The van der Waals surface area contributed by atoms with Gasteiger partial charge >= 0.3 is 0 Å². The summed E-state index contributed by atoms with van der Waals surface area (Å²) in [5, 5.41) is 4.23. The van der Waals surface area contributed by atoms with E-state index < -0.39 is 0 Å². The van der Waals surface area contributed by atoms with Gasteiger partial charge in [-0.05, 0) is 30.3 Å². The third kappa shape index (κ3) is 2.61. The van der Waals surface area contributed by atoms with Gasteiger partial charge in [0.05, 0.1) is 40.3 Å². The van der Waals surface area contributed by atoms with Crippen molar-refractivity contribution in [1.29, 1.82) is 0 Å². The van der Waals surface area contributed by atoms with Crippen molar-refractivity contribution < 1.29 is 4.74 Å². The quantitative estimate of drug-likeness (QED) is 0.398. The molecule has 2 N–H and O–H groups in total. The van der Waals surface area contributed by atoms with Crippen molar-refractivity contribution in [2.24, 2.45) is 0 Å². The molecule has 1 aliphatic rings. The lowest BCUT2D eigenvalue weighted by Crippen LogP contribution is -1.96. The van der Waals surface area contributed by atoms with Gasteiger partial charge in [-0.3, -0.25) is 4.98 Å². The third-order valence-corrected chi connectivity index (χ3v) is 5.19. The number of fused-ring (bicyclic) bond motifs is 5. The Bertz CT molecular complexity index is 1130. The number of hydrogen-bond donors (Lipinski definition) is 2.